The largest absolute Gasteiger partial charge is 0.496 e. The Balaban J connectivity index is 2.16. The Labute approximate surface area is 117 Å². The third kappa shape index (κ3) is 2.12. The van der Waals surface area contributed by atoms with Crippen molar-refractivity contribution >= 4 is 0 Å². The molecule has 104 valence electrons. The number of methoxy groups -OCH3 is 1. The zero-order chi connectivity index (χ0) is 14.1. The van der Waals surface area contributed by atoms with Crippen LogP contribution in [0.5, 0.6) is 11.5 Å². The van der Waals surface area contributed by atoms with Gasteiger partial charge in [0, 0.05) is 29.7 Å². The number of fused-ring (bicyclic) bond motifs is 1. The minimum Gasteiger partial charge on any atom is -0.496 e. The van der Waals surface area contributed by atoms with E-state index in [4.69, 9.17) is 15.2 Å². The summed E-state index contributed by atoms with van der Waals surface area (Å²) in [5.41, 5.74) is 8.05. The quantitative estimate of drug-likeness (QED) is 0.935. The van der Waals surface area contributed by atoms with Crippen LogP contribution in [0.1, 0.15) is 5.56 Å². The van der Waals surface area contributed by atoms with Crippen LogP contribution in [-0.4, -0.2) is 19.8 Å². The van der Waals surface area contributed by atoms with Crippen molar-refractivity contribution in [1.29, 1.82) is 0 Å². The molecule has 0 saturated carbocycles. The second-order valence-corrected chi connectivity index (χ2v) is 4.82. The first-order valence-electron chi connectivity index (χ1n) is 6.55. The summed E-state index contributed by atoms with van der Waals surface area (Å²) in [6.45, 7) is 0.418. The Morgan fingerprint density at radius 3 is 2.85 bits per heavy atom. The average molecular weight is 273 g/mol. The number of halogens is 1. The fraction of sp³-hybridized carbons (Fsp3) is 0.250. The number of benzene rings is 2. The summed E-state index contributed by atoms with van der Waals surface area (Å²) in [5, 5.41) is 0. The molecule has 0 bridgehead atoms. The molecule has 4 heteroatoms. The zero-order valence-electron chi connectivity index (χ0n) is 11.2. The molecule has 1 unspecified atom stereocenters. The molecule has 2 N–H and O–H groups in total. The molecule has 1 aliphatic heterocycles. The molecule has 1 heterocycles. The topological polar surface area (TPSA) is 44.5 Å². The highest BCUT2D eigenvalue weighted by atomic mass is 19.1. The van der Waals surface area contributed by atoms with Crippen LogP contribution < -0.4 is 15.2 Å². The summed E-state index contributed by atoms with van der Waals surface area (Å²) >= 11 is 0. The standard InChI is InChI=1S/C16H16FNO2/c1-19-15-5-3-2-4-13(15)14-8-11(17)6-10-7-12(9-18)20-16(10)14/h2-6,8,12H,7,9,18H2,1H3. The van der Waals surface area contributed by atoms with Gasteiger partial charge in [-0.1, -0.05) is 18.2 Å². The normalized spacial score (nSPS) is 16.6. The Morgan fingerprint density at radius 2 is 2.10 bits per heavy atom. The first-order chi connectivity index (χ1) is 9.72. The van der Waals surface area contributed by atoms with Gasteiger partial charge in [-0.15, -0.1) is 0 Å². The molecular weight excluding hydrogens is 257 g/mol. The summed E-state index contributed by atoms with van der Waals surface area (Å²) in [4.78, 5) is 0. The van der Waals surface area contributed by atoms with Crippen molar-refractivity contribution in [3.63, 3.8) is 0 Å². The molecule has 20 heavy (non-hydrogen) atoms. The maximum atomic E-state index is 13.8. The number of hydrogen-bond acceptors (Lipinski definition) is 3. The molecule has 1 atom stereocenters. The van der Waals surface area contributed by atoms with Gasteiger partial charge in [-0.05, 0) is 18.2 Å². The molecule has 2 aromatic rings. The first kappa shape index (κ1) is 12.9. The number of rotatable bonds is 3. The van der Waals surface area contributed by atoms with E-state index in [1.807, 2.05) is 24.3 Å². The van der Waals surface area contributed by atoms with Crippen molar-refractivity contribution in [3.05, 3.63) is 47.8 Å². The molecule has 0 aliphatic carbocycles. The lowest BCUT2D eigenvalue weighted by Gasteiger charge is -2.13. The Bertz CT molecular complexity index is 642. The van der Waals surface area contributed by atoms with Crippen LogP contribution in [0.2, 0.25) is 0 Å². The Morgan fingerprint density at radius 1 is 1.30 bits per heavy atom. The zero-order valence-corrected chi connectivity index (χ0v) is 11.2. The van der Waals surface area contributed by atoms with Crippen molar-refractivity contribution in [2.24, 2.45) is 5.73 Å². The molecule has 1 aliphatic rings. The lowest BCUT2D eigenvalue weighted by atomic mass is 9.99. The van der Waals surface area contributed by atoms with Gasteiger partial charge < -0.3 is 15.2 Å². The first-order valence-corrected chi connectivity index (χ1v) is 6.55. The summed E-state index contributed by atoms with van der Waals surface area (Å²) in [6.07, 6.45) is 0.561. The predicted octanol–water partition coefficient (Wildman–Crippen LogP) is 2.76. The fourth-order valence-corrected chi connectivity index (χ4v) is 2.59. The second-order valence-electron chi connectivity index (χ2n) is 4.82. The fourth-order valence-electron chi connectivity index (χ4n) is 2.59. The smallest absolute Gasteiger partial charge is 0.131 e. The molecule has 0 spiro atoms. The lowest BCUT2D eigenvalue weighted by Crippen LogP contribution is -2.24. The number of nitrogens with two attached hydrogens (primary N) is 1. The van der Waals surface area contributed by atoms with Crippen molar-refractivity contribution in [2.45, 2.75) is 12.5 Å². The molecule has 0 saturated heterocycles. The molecule has 2 aromatic carbocycles. The van der Waals surface area contributed by atoms with Crippen LogP contribution in [0, 0.1) is 5.82 Å². The van der Waals surface area contributed by atoms with E-state index in [-0.39, 0.29) is 11.9 Å². The van der Waals surface area contributed by atoms with Crippen LogP contribution in [0.25, 0.3) is 11.1 Å². The van der Waals surface area contributed by atoms with Crippen LogP contribution in [0.4, 0.5) is 4.39 Å². The van der Waals surface area contributed by atoms with Crippen LogP contribution in [0.15, 0.2) is 36.4 Å². The molecule has 0 amide bonds. The summed E-state index contributed by atoms with van der Waals surface area (Å²) in [7, 11) is 1.60. The average Bonchev–Trinajstić information content (AvgIpc) is 2.89. The minimum absolute atomic E-state index is 0.0831. The third-order valence-electron chi connectivity index (χ3n) is 3.52. The number of ether oxygens (including phenoxy) is 2. The summed E-state index contributed by atoms with van der Waals surface area (Å²) in [6, 6.07) is 10.5. The third-order valence-corrected chi connectivity index (χ3v) is 3.52. The molecule has 0 aromatic heterocycles. The van der Waals surface area contributed by atoms with Gasteiger partial charge in [0.2, 0.25) is 0 Å². The second kappa shape index (κ2) is 5.13. The van der Waals surface area contributed by atoms with E-state index in [0.29, 0.717) is 30.0 Å². The van der Waals surface area contributed by atoms with Gasteiger partial charge >= 0.3 is 0 Å². The summed E-state index contributed by atoms with van der Waals surface area (Å²) in [5.74, 6) is 1.14. The van der Waals surface area contributed by atoms with Crippen LogP contribution in [-0.2, 0) is 6.42 Å². The molecular formula is C16H16FNO2. The highest BCUT2D eigenvalue weighted by Gasteiger charge is 2.26. The Hall–Kier alpha value is -2.07. The van der Waals surface area contributed by atoms with Gasteiger partial charge in [-0.25, -0.2) is 4.39 Å². The van der Waals surface area contributed by atoms with Crippen LogP contribution >= 0.6 is 0 Å². The highest BCUT2D eigenvalue weighted by Crippen LogP contribution is 2.42. The van der Waals surface area contributed by atoms with E-state index < -0.39 is 0 Å². The predicted molar refractivity (Wildman–Crippen MR) is 75.6 cm³/mol. The lowest BCUT2D eigenvalue weighted by molar-refractivity contribution is 0.242. The van der Waals surface area contributed by atoms with Gasteiger partial charge in [-0.3, -0.25) is 0 Å². The van der Waals surface area contributed by atoms with E-state index in [2.05, 4.69) is 0 Å². The van der Waals surface area contributed by atoms with Crippen molar-refractivity contribution in [3.8, 4) is 22.6 Å². The van der Waals surface area contributed by atoms with E-state index in [1.165, 1.54) is 12.1 Å². The van der Waals surface area contributed by atoms with Gasteiger partial charge in [0.15, 0.2) is 0 Å². The van der Waals surface area contributed by atoms with Crippen LogP contribution in [0.3, 0.4) is 0 Å². The molecule has 3 nitrogen and oxygen atoms in total. The monoisotopic (exact) mass is 273 g/mol. The minimum atomic E-state index is -0.272. The molecule has 0 radical (unpaired) electrons. The van der Waals surface area contributed by atoms with E-state index in [1.54, 1.807) is 7.11 Å². The Kier molecular flexibility index (Phi) is 3.32. The van der Waals surface area contributed by atoms with E-state index in [0.717, 1.165) is 11.1 Å². The van der Waals surface area contributed by atoms with Crippen molar-refractivity contribution < 1.29 is 13.9 Å². The van der Waals surface area contributed by atoms with E-state index in [9.17, 15) is 4.39 Å². The number of para-hydroxylation sites is 1. The SMILES string of the molecule is COc1ccccc1-c1cc(F)cc2c1OC(CN)C2. The van der Waals surface area contributed by atoms with Crippen molar-refractivity contribution in [1.82, 2.24) is 0 Å². The maximum Gasteiger partial charge on any atom is 0.131 e. The van der Waals surface area contributed by atoms with E-state index >= 15 is 0 Å². The molecule has 3 rings (SSSR count). The molecule has 0 fully saturated rings. The maximum absolute atomic E-state index is 13.8. The van der Waals surface area contributed by atoms with Gasteiger partial charge in [0.05, 0.1) is 7.11 Å². The van der Waals surface area contributed by atoms with Gasteiger partial charge in [0.25, 0.3) is 0 Å². The highest BCUT2D eigenvalue weighted by molar-refractivity contribution is 5.77. The number of hydrogen-bond donors (Lipinski definition) is 1. The van der Waals surface area contributed by atoms with Gasteiger partial charge in [0.1, 0.15) is 23.4 Å². The summed E-state index contributed by atoms with van der Waals surface area (Å²) < 4.78 is 25.0. The van der Waals surface area contributed by atoms with Crippen molar-refractivity contribution in [2.75, 3.05) is 13.7 Å². The van der Waals surface area contributed by atoms with Gasteiger partial charge in [-0.2, -0.15) is 0 Å².